The summed E-state index contributed by atoms with van der Waals surface area (Å²) in [5.41, 5.74) is 0. The minimum Gasteiger partial charge on any atom is -0.457 e. The smallest absolute Gasteiger partial charge is 0.333 e. The zero-order valence-electron chi connectivity index (χ0n) is 25.8. The zero-order valence-corrected chi connectivity index (χ0v) is 26.7. The molecule has 4 atom stereocenters. The Bertz CT molecular complexity index is 601. The van der Waals surface area contributed by atoms with Crippen LogP contribution in [0.1, 0.15) is 125 Å². The molecule has 0 aromatic rings. The van der Waals surface area contributed by atoms with Crippen molar-refractivity contribution in [2.24, 2.45) is 11.8 Å². The average Bonchev–Trinajstić information content (AvgIpc) is 2.88. The topological polar surface area (TPSA) is 86.5 Å². The van der Waals surface area contributed by atoms with Gasteiger partial charge in [0, 0.05) is 13.0 Å². The Labute approximate surface area is 235 Å². The van der Waals surface area contributed by atoms with E-state index in [9.17, 15) is 14.3 Å². The average molecular weight is 565 g/mol. The lowest BCUT2D eigenvalue weighted by Gasteiger charge is -2.22. The van der Waals surface area contributed by atoms with Gasteiger partial charge in [-0.05, 0) is 32.1 Å². The molecule has 0 bridgehead atoms. The molecule has 0 aromatic carbocycles. The molecule has 0 aliphatic rings. The van der Waals surface area contributed by atoms with Crippen molar-refractivity contribution in [1.82, 2.24) is 0 Å². The van der Waals surface area contributed by atoms with Gasteiger partial charge in [-0.2, -0.15) is 0 Å². The molecule has 4 unspecified atom stereocenters. The number of esters is 1. The summed E-state index contributed by atoms with van der Waals surface area (Å²) in [6.07, 6.45) is 15.7. The van der Waals surface area contributed by atoms with Crippen LogP contribution >= 0.6 is 7.60 Å². The molecular formula is C30H63NO6P+. The van der Waals surface area contributed by atoms with Crippen molar-refractivity contribution in [2.75, 3.05) is 45.6 Å². The van der Waals surface area contributed by atoms with Gasteiger partial charge in [0.25, 0.3) is 0 Å². The fourth-order valence-corrected chi connectivity index (χ4v) is 5.93. The molecule has 0 aliphatic heterocycles. The van der Waals surface area contributed by atoms with Crippen molar-refractivity contribution in [1.29, 1.82) is 0 Å². The summed E-state index contributed by atoms with van der Waals surface area (Å²) in [5, 5.41) is 0. The van der Waals surface area contributed by atoms with Gasteiger partial charge in [-0.1, -0.05) is 98.3 Å². The molecule has 8 heteroatoms. The Hall–Kier alpha value is -0.460. The molecular weight excluding hydrogens is 501 g/mol. The molecule has 0 aliphatic carbocycles. The van der Waals surface area contributed by atoms with Crippen molar-refractivity contribution in [2.45, 2.75) is 131 Å². The highest BCUT2D eigenvalue weighted by atomic mass is 31.2. The van der Waals surface area contributed by atoms with E-state index in [0.717, 1.165) is 19.5 Å². The van der Waals surface area contributed by atoms with Gasteiger partial charge in [0.15, 0.2) is 0 Å². The molecule has 2 N–H and O–H groups in total. The Kier molecular flexibility index (Phi) is 24.1. The van der Waals surface area contributed by atoms with E-state index >= 15 is 0 Å². The minimum absolute atomic E-state index is 0.0906. The lowest BCUT2D eigenvalue weighted by molar-refractivity contribution is -0.893. The van der Waals surface area contributed by atoms with Crippen molar-refractivity contribution < 1.29 is 33.2 Å². The van der Waals surface area contributed by atoms with Crippen LogP contribution in [0.3, 0.4) is 0 Å². The van der Waals surface area contributed by atoms with E-state index in [1.807, 2.05) is 0 Å². The Morgan fingerprint density at radius 2 is 1.39 bits per heavy atom. The van der Waals surface area contributed by atoms with Crippen molar-refractivity contribution in [3.8, 4) is 0 Å². The molecule has 0 amide bonds. The van der Waals surface area contributed by atoms with Crippen molar-refractivity contribution in [3.05, 3.63) is 0 Å². The van der Waals surface area contributed by atoms with Crippen LogP contribution in [0.25, 0.3) is 0 Å². The van der Waals surface area contributed by atoms with Crippen LogP contribution in [-0.2, 0) is 23.4 Å². The van der Waals surface area contributed by atoms with Gasteiger partial charge >= 0.3 is 13.6 Å². The molecule has 0 saturated heterocycles. The maximum atomic E-state index is 12.5. The molecule has 0 spiro atoms. The van der Waals surface area contributed by atoms with Crippen LogP contribution < -0.4 is 4.90 Å². The van der Waals surface area contributed by atoms with Crippen LogP contribution in [0.5, 0.6) is 0 Å². The van der Waals surface area contributed by atoms with Crippen LogP contribution in [-0.4, -0.2) is 62.6 Å². The van der Waals surface area contributed by atoms with Gasteiger partial charge in [0.2, 0.25) is 0 Å². The van der Waals surface area contributed by atoms with E-state index in [2.05, 4.69) is 34.6 Å². The summed E-state index contributed by atoms with van der Waals surface area (Å²) in [4.78, 5) is 23.3. The Balaban J connectivity index is 4.19. The highest BCUT2D eigenvalue weighted by Crippen LogP contribution is 2.41. The highest BCUT2D eigenvalue weighted by Gasteiger charge is 2.25. The third kappa shape index (κ3) is 22.4. The van der Waals surface area contributed by atoms with Gasteiger partial charge in [0.05, 0.1) is 39.0 Å². The summed E-state index contributed by atoms with van der Waals surface area (Å²) in [6, 6.07) is 0. The second-order valence-electron chi connectivity index (χ2n) is 11.3. The second kappa shape index (κ2) is 24.3. The quantitative estimate of drug-likeness (QED) is 0.0680. The number of hydrogen-bond acceptors (Lipinski definition) is 5. The van der Waals surface area contributed by atoms with Crippen LogP contribution in [0.4, 0.5) is 0 Å². The first kappa shape index (κ1) is 37.5. The number of carbonyl (C=O) groups excluding carboxylic acids is 1. The predicted octanol–water partition coefficient (Wildman–Crippen LogP) is 6.42. The fraction of sp³-hybridized carbons (Fsp3) is 0.967. The number of carbonyl (C=O) groups is 1. The third-order valence-corrected chi connectivity index (χ3v) is 8.70. The number of hydrogen-bond donors (Lipinski definition) is 2. The maximum Gasteiger partial charge on any atom is 0.333 e. The molecule has 0 aromatic heterocycles. The predicted molar refractivity (Wildman–Crippen MR) is 158 cm³/mol. The molecule has 0 saturated carbocycles. The van der Waals surface area contributed by atoms with E-state index in [-0.39, 0.29) is 31.8 Å². The first-order valence-corrected chi connectivity index (χ1v) is 17.5. The lowest BCUT2D eigenvalue weighted by Crippen LogP contribution is -3.11. The second-order valence-corrected chi connectivity index (χ2v) is 13.3. The first-order valence-electron chi connectivity index (χ1n) is 15.7. The molecule has 0 rings (SSSR count). The molecule has 7 nitrogen and oxygen atoms in total. The van der Waals surface area contributed by atoms with Gasteiger partial charge in [-0.25, -0.2) is 0 Å². The zero-order chi connectivity index (χ0) is 28.7. The van der Waals surface area contributed by atoms with Crippen molar-refractivity contribution >= 4 is 13.6 Å². The summed E-state index contributed by atoms with van der Waals surface area (Å²) < 4.78 is 29.1. The maximum absolute atomic E-state index is 12.5. The van der Waals surface area contributed by atoms with Gasteiger partial charge in [0.1, 0.15) is 6.10 Å². The van der Waals surface area contributed by atoms with E-state index in [1.165, 1.54) is 75.5 Å². The molecule has 0 radical (unpaired) electrons. The van der Waals surface area contributed by atoms with Crippen LogP contribution in [0.15, 0.2) is 0 Å². The van der Waals surface area contributed by atoms with E-state index in [0.29, 0.717) is 25.0 Å². The minimum atomic E-state index is -3.74. The summed E-state index contributed by atoms with van der Waals surface area (Å²) in [5.74, 6) is 0.700. The normalized spacial score (nSPS) is 15.8. The van der Waals surface area contributed by atoms with Gasteiger partial charge in [-0.15, -0.1) is 0 Å². The summed E-state index contributed by atoms with van der Waals surface area (Å²) in [6.45, 7) is 15.6. The number of unbranched alkanes of at least 4 members (excludes halogenated alkanes) is 9. The first-order chi connectivity index (χ1) is 18.2. The Morgan fingerprint density at radius 1 is 0.816 bits per heavy atom. The van der Waals surface area contributed by atoms with E-state index < -0.39 is 13.7 Å². The van der Waals surface area contributed by atoms with E-state index in [1.54, 1.807) is 6.92 Å². The highest BCUT2D eigenvalue weighted by molar-refractivity contribution is 7.52. The SMILES string of the molecule is CCCCCCCCCCCCC(C)CC(C)COCC(COP(=O)(O)CC[NH+](CC)CC)OC(=O)CC. The molecule has 0 fully saturated rings. The summed E-state index contributed by atoms with van der Waals surface area (Å²) >= 11 is 0. The molecule has 228 valence electrons. The Morgan fingerprint density at radius 3 is 1.95 bits per heavy atom. The lowest BCUT2D eigenvalue weighted by atomic mass is 9.93. The number of rotatable bonds is 27. The molecule has 0 heterocycles. The monoisotopic (exact) mass is 564 g/mol. The number of quaternary nitrogens is 1. The largest absolute Gasteiger partial charge is 0.457 e. The van der Waals surface area contributed by atoms with Crippen LogP contribution in [0.2, 0.25) is 0 Å². The van der Waals surface area contributed by atoms with Gasteiger partial charge in [-0.3, -0.25) is 9.36 Å². The number of ether oxygens (including phenoxy) is 2. The molecule has 38 heavy (non-hydrogen) atoms. The standard InChI is InChI=1S/C30H62NO6P/c1-7-11-12-13-14-15-16-17-18-19-20-27(5)23-28(6)24-35-25-29(37-30(32)8-2)26-36-38(33,34)22-21-31(9-3)10-4/h27-29H,7-26H2,1-6H3,(H,33,34)/p+1. The fourth-order valence-electron chi connectivity index (χ4n) is 4.81. The van der Waals surface area contributed by atoms with E-state index in [4.69, 9.17) is 14.0 Å². The van der Waals surface area contributed by atoms with Gasteiger partial charge < -0.3 is 23.8 Å². The van der Waals surface area contributed by atoms with Crippen LogP contribution in [0, 0.1) is 11.8 Å². The summed E-state index contributed by atoms with van der Waals surface area (Å²) in [7, 11) is -3.74. The van der Waals surface area contributed by atoms with Crippen molar-refractivity contribution in [3.63, 3.8) is 0 Å². The third-order valence-electron chi connectivity index (χ3n) is 7.36. The number of nitrogens with one attached hydrogen (secondary N) is 1.